The van der Waals surface area contributed by atoms with E-state index in [4.69, 9.17) is 10.2 Å². The molecular weight excluding hydrogens is 224 g/mol. The van der Waals surface area contributed by atoms with Crippen LogP contribution in [0.25, 0.3) is 0 Å². The van der Waals surface area contributed by atoms with Crippen LogP contribution in [0.15, 0.2) is 0 Å². The minimum absolute atomic E-state index is 0.248. The second kappa shape index (κ2) is 6.19. The molecule has 0 unspecified atom stereocenters. The third kappa shape index (κ3) is 3.79. The third-order valence-corrected chi connectivity index (χ3v) is 2.57. The first kappa shape index (κ1) is 13.6. The predicted molar refractivity (Wildman–Crippen MR) is 59.3 cm³/mol. The maximum Gasteiger partial charge on any atom is 0.310 e. The Morgan fingerprint density at radius 1 is 1.07 bits per heavy atom. The molecule has 0 atom stereocenters. The van der Waals surface area contributed by atoms with Gasteiger partial charge in [0.2, 0.25) is 0 Å². The smallest absolute Gasteiger partial charge is 0.310 e. The molecule has 82 valence electrons. The van der Waals surface area contributed by atoms with Crippen LogP contribution in [0.1, 0.15) is 19.3 Å². The van der Waals surface area contributed by atoms with Crippen LogP contribution in [-0.4, -0.2) is 33.7 Å². The minimum Gasteiger partial charge on any atom is -0.481 e. The van der Waals surface area contributed by atoms with Gasteiger partial charge in [0, 0.05) is 0 Å². The Balaban J connectivity index is 4.73. The Bertz CT molecular complexity index is 211. The first-order chi connectivity index (χ1) is 6.48. The molecule has 0 aliphatic heterocycles. The van der Waals surface area contributed by atoms with Crippen LogP contribution in [0.4, 0.5) is 0 Å². The normalized spacial score (nSPS) is 11.3. The Hall–Kier alpha value is -0.360. The van der Waals surface area contributed by atoms with Crippen molar-refractivity contribution in [2.24, 2.45) is 5.41 Å². The van der Waals surface area contributed by atoms with Gasteiger partial charge in [0.05, 0.1) is 11.8 Å². The fourth-order valence-corrected chi connectivity index (χ4v) is 2.16. The standard InChI is InChI=1S/C8H14O4S2/c9-6(10)5-8(1-3-13,2-4-14)7(11)12/h13-14H,1-5H2,(H,9,10)(H,11,12). The van der Waals surface area contributed by atoms with E-state index in [-0.39, 0.29) is 19.3 Å². The van der Waals surface area contributed by atoms with Gasteiger partial charge in [0.1, 0.15) is 0 Å². The lowest BCUT2D eigenvalue weighted by Crippen LogP contribution is -2.34. The number of carboxylic acid groups (broad SMARTS) is 2. The quantitative estimate of drug-likeness (QED) is 0.502. The lowest BCUT2D eigenvalue weighted by Gasteiger charge is -2.26. The van der Waals surface area contributed by atoms with Crippen LogP contribution in [0, 0.1) is 5.41 Å². The lowest BCUT2D eigenvalue weighted by atomic mass is 9.79. The van der Waals surface area contributed by atoms with Crippen molar-refractivity contribution in [1.82, 2.24) is 0 Å². The van der Waals surface area contributed by atoms with Crippen LogP contribution < -0.4 is 0 Å². The second-order valence-corrected chi connectivity index (χ2v) is 4.00. The number of hydrogen-bond acceptors (Lipinski definition) is 4. The molecule has 0 saturated carbocycles. The number of carbonyl (C=O) groups is 2. The van der Waals surface area contributed by atoms with Gasteiger partial charge in [-0.15, -0.1) is 0 Å². The van der Waals surface area contributed by atoms with Gasteiger partial charge in [-0.3, -0.25) is 9.59 Å². The van der Waals surface area contributed by atoms with Crippen molar-refractivity contribution < 1.29 is 19.8 Å². The van der Waals surface area contributed by atoms with Gasteiger partial charge in [-0.2, -0.15) is 25.3 Å². The maximum absolute atomic E-state index is 11.0. The van der Waals surface area contributed by atoms with Gasteiger partial charge in [-0.05, 0) is 24.3 Å². The van der Waals surface area contributed by atoms with E-state index in [1.807, 2.05) is 0 Å². The molecular formula is C8H14O4S2. The summed E-state index contributed by atoms with van der Waals surface area (Å²) in [7, 11) is 0. The molecule has 0 aromatic rings. The number of hydrogen-bond donors (Lipinski definition) is 4. The molecule has 4 nitrogen and oxygen atoms in total. The van der Waals surface area contributed by atoms with E-state index in [0.717, 1.165) is 0 Å². The molecule has 6 heteroatoms. The van der Waals surface area contributed by atoms with Crippen LogP contribution in [0.3, 0.4) is 0 Å². The van der Waals surface area contributed by atoms with E-state index in [1.165, 1.54) is 0 Å². The highest BCUT2D eigenvalue weighted by molar-refractivity contribution is 7.80. The molecule has 0 amide bonds. The Morgan fingerprint density at radius 3 is 1.71 bits per heavy atom. The van der Waals surface area contributed by atoms with Gasteiger partial charge >= 0.3 is 11.9 Å². The van der Waals surface area contributed by atoms with Gasteiger partial charge in [0.25, 0.3) is 0 Å². The number of carboxylic acids is 2. The molecule has 0 spiro atoms. The summed E-state index contributed by atoms with van der Waals surface area (Å²) < 4.78 is 0. The van der Waals surface area contributed by atoms with Crippen LogP contribution in [0.2, 0.25) is 0 Å². The predicted octanol–water partition coefficient (Wildman–Crippen LogP) is 1.17. The first-order valence-electron chi connectivity index (χ1n) is 4.15. The molecule has 14 heavy (non-hydrogen) atoms. The monoisotopic (exact) mass is 238 g/mol. The zero-order valence-electron chi connectivity index (χ0n) is 7.64. The van der Waals surface area contributed by atoms with Crippen molar-refractivity contribution >= 4 is 37.2 Å². The molecule has 0 radical (unpaired) electrons. The van der Waals surface area contributed by atoms with Crippen molar-refractivity contribution in [3.05, 3.63) is 0 Å². The number of rotatable bonds is 7. The van der Waals surface area contributed by atoms with E-state index in [1.54, 1.807) is 0 Å². The van der Waals surface area contributed by atoms with Gasteiger partial charge in [0.15, 0.2) is 0 Å². The van der Waals surface area contributed by atoms with E-state index >= 15 is 0 Å². The average molecular weight is 238 g/mol. The summed E-state index contributed by atoms with van der Waals surface area (Å²) in [6.07, 6.45) is 0.125. The topological polar surface area (TPSA) is 74.6 Å². The lowest BCUT2D eigenvalue weighted by molar-refractivity contribution is -0.156. The largest absolute Gasteiger partial charge is 0.481 e. The van der Waals surface area contributed by atoms with Crippen LogP contribution in [-0.2, 0) is 9.59 Å². The summed E-state index contributed by atoms with van der Waals surface area (Å²) in [4.78, 5) is 21.6. The van der Waals surface area contributed by atoms with E-state index in [9.17, 15) is 9.59 Å². The summed E-state index contributed by atoms with van der Waals surface area (Å²) in [5, 5.41) is 17.6. The molecule has 0 bridgehead atoms. The summed E-state index contributed by atoms with van der Waals surface area (Å²) in [6, 6.07) is 0. The van der Waals surface area contributed by atoms with Gasteiger partial charge < -0.3 is 10.2 Å². The summed E-state index contributed by atoms with van der Waals surface area (Å²) in [5.74, 6) is -1.47. The highest BCUT2D eigenvalue weighted by Gasteiger charge is 2.39. The number of thiol groups is 2. The highest BCUT2D eigenvalue weighted by Crippen LogP contribution is 2.32. The van der Waals surface area contributed by atoms with Crippen molar-refractivity contribution in [3.8, 4) is 0 Å². The molecule has 0 heterocycles. The SMILES string of the molecule is O=C(O)CC(CCS)(CCS)C(=O)O. The van der Waals surface area contributed by atoms with Crippen molar-refractivity contribution in [2.45, 2.75) is 19.3 Å². The summed E-state index contributed by atoms with van der Waals surface area (Å²) in [5.41, 5.74) is -1.21. The average Bonchev–Trinajstić information content (AvgIpc) is 2.03. The molecule has 0 aromatic carbocycles. The fraction of sp³-hybridized carbons (Fsp3) is 0.750. The second-order valence-electron chi connectivity index (χ2n) is 3.10. The molecule has 0 aliphatic carbocycles. The third-order valence-electron chi connectivity index (χ3n) is 2.12. The van der Waals surface area contributed by atoms with Crippen molar-refractivity contribution in [2.75, 3.05) is 11.5 Å². The number of aliphatic carboxylic acids is 2. The van der Waals surface area contributed by atoms with Crippen LogP contribution >= 0.6 is 25.3 Å². The van der Waals surface area contributed by atoms with Crippen molar-refractivity contribution in [3.63, 3.8) is 0 Å². The Labute approximate surface area is 93.5 Å². The summed E-state index contributed by atoms with van der Waals surface area (Å²) >= 11 is 7.89. The molecule has 2 N–H and O–H groups in total. The van der Waals surface area contributed by atoms with Gasteiger partial charge in [-0.1, -0.05) is 0 Å². The minimum atomic E-state index is -1.21. The first-order valence-corrected chi connectivity index (χ1v) is 5.42. The Morgan fingerprint density at radius 2 is 1.50 bits per heavy atom. The van der Waals surface area contributed by atoms with E-state index in [0.29, 0.717) is 11.5 Å². The van der Waals surface area contributed by atoms with E-state index < -0.39 is 17.4 Å². The molecule has 0 fully saturated rings. The molecule has 0 saturated heterocycles. The zero-order chi connectivity index (χ0) is 11.2. The van der Waals surface area contributed by atoms with Crippen molar-refractivity contribution in [1.29, 1.82) is 0 Å². The Kier molecular flexibility index (Phi) is 6.03. The highest BCUT2D eigenvalue weighted by atomic mass is 32.1. The maximum atomic E-state index is 11.0. The molecule has 0 aromatic heterocycles. The zero-order valence-corrected chi connectivity index (χ0v) is 9.43. The fourth-order valence-electron chi connectivity index (χ4n) is 1.31. The molecule has 0 aliphatic rings. The van der Waals surface area contributed by atoms with E-state index in [2.05, 4.69) is 25.3 Å². The summed E-state index contributed by atoms with van der Waals surface area (Å²) in [6.45, 7) is 0. The van der Waals surface area contributed by atoms with Crippen LogP contribution in [0.5, 0.6) is 0 Å². The molecule has 0 rings (SSSR count). The van der Waals surface area contributed by atoms with Gasteiger partial charge in [-0.25, -0.2) is 0 Å².